The van der Waals surface area contributed by atoms with E-state index in [1.54, 1.807) is 12.1 Å². The first-order valence-electron chi connectivity index (χ1n) is 13.5. The van der Waals surface area contributed by atoms with Crippen molar-refractivity contribution in [1.29, 1.82) is 0 Å². The molecule has 9 N–H and O–H groups in total. The molecule has 0 aromatic heterocycles. The second-order valence-corrected chi connectivity index (χ2v) is 10.7. The molecule has 0 aliphatic heterocycles. The Bertz CT molecular complexity index is 1120. The zero-order chi connectivity index (χ0) is 30.2. The summed E-state index contributed by atoms with van der Waals surface area (Å²) >= 11 is 1.46. The van der Waals surface area contributed by atoms with Crippen LogP contribution in [0.25, 0.3) is 0 Å². The minimum Gasteiger partial charge on any atom is -0.508 e. The summed E-state index contributed by atoms with van der Waals surface area (Å²) in [7, 11) is 0. The molecule has 11 nitrogen and oxygen atoms in total. The van der Waals surface area contributed by atoms with Gasteiger partial charge in [0.1, 0.15) is 23.9 Å². The van der Waals surface area contributed by atoms with E-state index in [9.17, 15) is 29.4 Å². The molecule has 0 saturated heterocycles. The molecule has 0 heterocycles. The number of benzene rings is 2. The van der Waals surface area contributed by atoms with Crippen molar-refractivity contribution < 1.29 is 29.4 Å². The van der Waals surface area contributed by atoms with Crippen LogP contribution in [0.2, 0.25) is 0 Å². The molecule has 41 heavy (non-hydrogen) atoms. The molecule has 224 valence electrons. The van der Waals surface area contributed by atoms with E-state index >= 15 is 0 Å². The number of thioether (sulfide) groups is 1. The first-order chi connectivity index (χ1) is 19.6. The lowest BCUT2D eigenvalue weighted by Gasteiger charge is -2.25. The van der Waals surface area contributed by atoms with Gasteiger partial charge in [0.15, 0.2) is 0 Å². The number of aliphatic carboxylic acids is 1. The number of aromatic hydroxyl groups is 1. The number of carboxylic acids is 1. The van der Waals surface area contributed by atoms with E-state index in [1.165, 1.54) is 23.9 Å². The fraction of sp³-hybridized carbons (Fsp3) is 0.448. The average molecular weight is 588 g/mol. The summed E-state index contributed by atoms with van der Waals surface area (Å²) in [6, 6.07) is 11.3. The Kier molecular flexibility index (Phi) is 14.7. The molecule has 4 atom stereocenters. The van der Waals surface area contributed by atoms with Crippen molar-refractivity contribution in [2.24, 2.45) is 11.5 Å². The van der Waals surface area contributed by atoms with Crippen LogP contribution < -0.4 is 27.4 Å². The second kappa shape index (κ2) is 17.9. The fourth-order valence-corrected chi connectivity index (χ4v) is 4.59. The largest absolute Gasteiger partial charge is 0.508 e. The molecule has 2 aromatic rings. The van der Waals surface area contributed by atoms with Gasteiger partial charge >= 0.3 is 5.97 Å². The van der Waals surface area contributed by atoms with E-state index < -0.39 is 47.9 Å². The van der Waals surface area contributed by atoms with Crippen molar-refractivity contribution >= 4 is 35.5 Å². The highest BCUT2D eigenvalue weighted by atomic mass is 32.2. The molecule has 0 fully saturated rings. The van der Waals surface area contributed by atoms with Gasteiger partial charge in [-0.05, 0) is 73.9 Å². The van der Waals surface area contributed by atoms with E-state index in [4.69, 9.17) is 11.5 Å². The van der Waals surface area contributed by atoms with Gasteiger partial charge in [-0.15, -0.1) is 0 Å². The summed E-state index contributed by atoms with van der Waals surface area (Å²) in [4.78, 5) is 51.4. The normalized spacial score (nSPS) is 13.8. The number of carboxylic acid groups (broad SMARTS) is 1. The van der Waals surface area contributed by atoms with Crippen molar-refractivity contribution in [3.63, 3.8) is 0 Å². The molecule has 0 aliphatic rings. The van der Waals surface area contributed by atoms with Gasteiger partial charge in [-0.25, -0.2) is 4.79 Å². The van der Waals surface area contributed by atoms with Crippen LogP contribution in [-0.4, -0.2) is 76.6 Å². The molecule has 0 bridgehead atoms. The Morgan fingerprint density at radius 1 is 0.780 bits per heavy atom. The van der Waals surface area contributed by atoms with Crippen LogP contribution >= 0.6 is 11.8 Å². The number of nitrogens with two attached hydrogens (primary N) is 2. The van der Waals surface area contributed by atoms with Gasteiger partial charge in [0.2, 0.25) is 17.7 Å². The van der Waals surface area contributed by atoms with Crippen molar-refractivity contribution in [1.82, 2.24) is 16.0 Å². The number of carbonyl (C=O) groups is 4. The van der Waals surface area contributed by atoms with Crippen LogP contribution in [0.4, 0.5) is 0 Å². The Morgan fingerprint density at radius 2 is 1.37 bits per heavy atom. The van der Waals surface area contributed by atoms with E-state index in [2.05, 4.69) is 16.0 Å². The monoisotopic (exact) mass is 587 g/mol. The van der Waals surface area contributed by atoms with Crippen molar-refractivity contribution in [2.45, 2.75) is 62.7 Å². The number of amides is 3. The van der Waals surface area contributed by atoms with Crippen LogP contribution in [0.3, 0.4) is 0 Å². The quantitative estimate of drug-likeness (QED) is 0.124. The molecule has 2 rings (SSSR count). The number of phenols is 1. The van der Waals surface area contributed by atoms with Gasteiger partial charge < -0.3 is 37.6 Å². The minimum absolute atomic E-state index is 0.0929. The predicted octanol–water partition coefficient (Wildman–Crippen LogP) is 0.926. The number of carbonyl (C=O) groups excluding carboxylic acids is 3. The molecule has 0 radical (unpaired) electrons. The van der Waals surface area contributed by atoms with Crippen LogP contribution in [0, 0.1) is 0 Å². The summed E-state index contributed by atoms with van der Waals surface area (Å²) in [6.07, 6.45) is 3.80. The Labute approximate surface area is 244 Å². The van der Waals surface area contributed by atoms with Crippen molar-refractivity contribution in [2.75, 3.05) is 18.6 Å². The molecule has 0 spiro atoms. The fourth-order valence-electron chi connectivity index (χ4n) is 4.12. The molecule has 4 unspecified atom stereocenters. The van der Waals surface area contributed by atoms with Gasteiger partial charge in [0.25, 0.3) is 0 Å². The van der Waals surface area contributed by atoms with Gasteiger partial charge in [-0.1, -0.05) is 42.5 Å². The standard InChI is InChI=1S/C29H41N5O6S/c1-41-16-14-24(29(39)40)33-27(37)23(9-5-6-15-30)32-28(38)25(18-19-7-3-2-4-8-19)34-26(36)22(31)17-20-10-12-21(35)13-11-20/h2-4,7-8,10-13,22-25,35H,5-6,9,14-18,30-31H2,1H3,(H,32,38)(H,33,37)(H,34,36)(H,39,40). The van der Waals surface area contributed by atoms with Gasteiger partial charge in [-0.2, -0.15) is 11.8 Å². The lowest BCUT2D eigenvalue weighted by molar-refractivity contribution is -0.142. The summed E-state index contributed by atoms with van der Waals surface area (Å²) < 4.78 is 0. The van der Waals surface area contributed by atoms with Crippen molar-refractivity contribution in [3.8, 4) is 5.75 Å². The molecule has 2 aromatic carbocycles. The SMILES string of the molecule is CSCCC(NC(=O)C(CCCCN)NC(=O)C(Cc1ccccc1)NC(=O)C(N)Cc1ccc(O)cc1)C(=O)O. The molecule has 12 heteroatoms. The summed E-state index contributed by atoms with van der Waals surface area (Å²) in [6.45, 7) is 0.402. The first kappa shape index (κ1) is 33.6. The third-order valence-corrected chi connectivity index (χ3v) is 7.09. The lowest BCUT2D eigenvalue weighted by Crippen LogP contribution is -2.57. The van der Waals surface area contributed by atoms with E-state index in [0.717, 1.165) is 11.1 Å². The zero-order valence-corrected chi connectivity index (χ0v) is 24.1. The number of nitrogens with one attached hydrogen (secondary N) is 3. The summed E-state index contributed by atoms with van der Waals surface area (Å²) in [5.74, 6) is -2.29. The second-order valence-electron chi connectivity index (χ2n) is 9.75. The predicted molar refractivity (Wildman–Crippen MR) is 159 cm³/mol. The average Bonchev–Trinajstić information content (AvgIpc) is 2.95. The van der Waals surface area contributed by atoms with Crippen LogP contribution in [-0.2, 0) is 32.0 Å². The third-order valence-electron chi connectivity index (χ3n) is 6.45. The van der Waals surface area contributed by atoms with Gasteiger partial charge in [0, 0.05) is 6.42 Å². The van der Waals surface area contributed by atoms with Crippen LogP contribution in [0.5, 0.6) is 5.75 Å². The van der Waals surface area contributed by atoms with E-state index in [0.29, 0.717) is 25.1 Å². The first-order valence-corrected chi connectivity index (χ1v) is 14.9. The molecular formula is C29H41N5O6S. The number of hydrogen-bond donors (Lipinski definition) is 7. The Morgan fingerprint density at radius 3 is 1.98 bits per heavy atom. The van der Waals surface area contributed by atoms with Crippen LogP contribution in [0.15, 0.2) is 54.6 Å². The molecular weight excluding hydrogens is 546 g/mol. The maximum absolute atomic E-state index is 13.5. The Balaban J connectivity index is 2.20. The lowest BCUT2D eigenvalue weighted by atomic mass is 10.0. The maximum atomic E-state index is 13.5. The highest BCUT2D eigenvalue weighted by molar-refractivity contribution is 7.98. The van der Waals surface area contributed by atoms with E-state index in [1.807, 2.05) is 36.6 Å². The highest BCUT2D eigenvalue weighted by Crippen LogP contribution is 2.12. The van der Waals surface area contributed by atoms with Crippen LogP contribution in [0.1, 0.15) is 36.8 Å². The summed E-state index contributed by atoms with van der Waals surface area (Å²) in [5, 5.41) is 27.0. The van der Waals surface area contributed by atoms with Gasteiger partial charge in [-0.3, -0.25) is 14.4 Å². The van der Waals surface area contributed by atoms with Gasteiger partial charge in [0.05, 0.1) is 6.04 Å². The molecule has 3 amide bonds. The zero-order valence-electron chi connectivity index (χ0n) is 23.3. The third kappa shape index (κ3) is 12.2. The maximum Gasteiger partial charge on any atom is 0.326 e. The number of hydrogen-bond acceptors (Lipinski definition) is 8. The minimum atomic E-state index is -1.16. The number of unbranched alkanes of at least 4 members (excludes halogenated alkanes) is 1. The molecule has 0 saturated carbocycles. The van der Waals surface area contributed by atoms with E-state index in [-0.39, 0.29) is 31.4 Å². The number of rotatable bonds is 18. The smallest absolute Gasteiger partial charge is 0.326 e. The number of phenolic OH excluding ortho intramolecular Hbond substituents is 1. The van der Waals surface area contributed by atoms with Crippen molar-refractivity contribution in [3.05, 3.63) is 65.7 Å². The highest BCUT2D eigenvalue weighted by Gasteiger charge is 2.30. The topological polar surface area (TPSA) is 197 Å². The molecule has 0 aliphatic carbocycles. The summed E-state index contributed by atoms with van der Waals surface area (Å²) in [5.41, 5.74) is 13.3. The Hall–Kier alpha value is -3.61.